The molecule has 0 saturated carbocycles. The Morgan fingerprint density at radius 3 is 2.09 bits per heavy atom. The van der Waals surface area contributed by atoms with Gasteiger partial charge in [0.15, 0.2) is 0 Å². The summed E-state index contributed by atoms with van der Waals surface area (Å²) in [6, 6.07) is 16.2. The van der Waals surface area contributed by atoms with Crippen molar-refractivity contribution in [1.82, 2.24) is 15.1 Å². The summed E-state index contributed by atoms with van der Waals surface area (Å²) in [4.78, 5) is 52.6. The van der Waals surface area contributed by atoms with Crippen molar-refractivity contribution in [3.8, 4) is 0 Å². The van der Waals surface area contributed by atoms with Crippen LogP contribution in [0.3, 0.4) is 0 Å². The first-order chi connectivity index (χ1) is 16.0. The summed E-state index contributed by atoms with van der Waals surface area (Å²) in [6.07, 6.45) is 2.24. The minimum absolute atomic E-state index is 0.0446. The number of amides is 4. The smallest absolute Gasteiger partial charge is 0.261 e. The number of piperidine rings is 1. The number of carbonyl (C=O) groups excluding carboxylic acids is 4. The molecule has 2 aliphatic heterocycles. The first kappa shape index (κ1) is 22.7. The number of hydrogen-bond donors (Lipinski definition) is 2. The van der Waals surface area contributed by atoms with Gasteiger partial charge in [-0.15, -0.1) is 0 Å². The predicted molar refractivity (Wildman–Crippen MR) is 124 cm³/mol. The Balaban J connectivity index is 1.13. The Kier molecular flexibility index (Phi) is 7.14. The van der Waals surface area contributed by atoms with Crippen LogP contribution in [0.2, 0.25) is 0 Å². The number of para-hydroxylation sites is 1. The third-order valence-electron chi connectivity index (χ3n) is 6.04. The van der Waals surface area contributed by atoms with E-state index >= 15 is 0 Å². The molecule has 4 rings (SSSR count). The Morgan fingerprint density at radius 1 is 0.848 bits per heavy atom. The lowest BCUT2D eigenvalue weighted by Gasteiger charge is -2.31. The number of nitrogens with zero attached hydrogens (tertiary/aromatic N) is 2. The Hall–Kier alpha value is -3.52. The lowest BCUT2D eigenvalue weighted by molar-refractivity contribution is -0.122. The molecule has 0 aliphatic carbocycles. The molecule has 33 heavy (non-hydrogen) atoms. The number of hydrogen-bond acceptors (Lipinski definition) is 5. The summed E-state index contributed by atoms with van der Waals surface area (Å²) >= 11 is 0. The fourth-order valence-corrected chi connectivity index (χ4v) is 4.30. The van der Waals surface area contributed by atoms with E-state index in [0.29, 0.717) is 24.1 Å². The summed E-state index contributed by atoms with van der Waals surface area (Å²) in [5, 5.41) is 5.93. The number of imide groups is 1. The number of nitrogens with one attached hydrogen (secondary N) is 2. The van der Waals surface area contributed by atoms with Crippen LogP contribution >= 0.6 is 0 Å². The minimum Gasteiger partial charge on any atom is -0.353 e. The molecule has 2 aromatic carbocycles. The van der Waals surface area contributed by atoms with Crippen molar-refractivity contribution in [2.45, 2.75) is 31.7 Å². The number of anilines is 1. The van der Waals surface area contributed by atoms with E-state index in [4.69, 9.17) is 0 Å². The third kappa shape index (κ3) is 5.64. The number of likely N-dealkylation sites (tertiary alicyclic amines) is 1. The van der Waals surface area contributed by atoms with Gasteiger partial charge in [0.05, 0.1) is 17.7 Å². The second kappa shape index (κ2) is 10.4. The monoisotopic (exact) mass is 448 g/mol. The highest BCUT2D eigenvalue weighted by atomic mass is 16.2. The van der Waals surface area contributed by atoms with Crippen LogP contribution in [-0.2, 0) is 9.59 Å². The van der Waals surface area contributed by atoms with E-state index in [0.717, 1.165) is 31.6 Å². The van der Waals surface area contributed by atoms with Gasteiger partial charge in [-0.3, -0.25) is 29.0 Å². The summed E-state index contributed by atoms with van der Waals surface area (Å²) in [5.74, 6) is -0.705. The van der Waals surface area contributed by atoms with Crippen LogP contribution in [0.25, 0.3) is 0 Å². The zero-order valence-electron chi connectivity index (χ0n) is 18.5. The number of benzene rings is 2. The molecule has 8 heteroatoms. The van der Waals surface area contributed by atoms with E-state index in [1.54, 1.807) is 24.3 Å². The molecular weight excluding hydrogens is 420 g/mol. The second-order valence-electron chi connectivity index (χ2n) is 8.44. The fourth-order valence-electron chi connectivity index (χ4n) is 4.30. The van der Waals surface area contributed by atoms with Gasteiger partial charge in [-0.2, -0.15) is 0 Å². The van der Waals surface area contributed by atoms with Gasteiger partial charge in [-0.1, -0.05) is 30.3 Å². The molecule has 0 unspecified atom stereocenters. The van der Waals surface area contributed by atoms with Gasteiger partial charge in [0.1, 0.15) is 0 Å². The number of fused-ring (bicyclic) bond motifs is 1. The van der Waals surface area contributed by atoms with Gasteiger partial charge < -0.3 is 10.6 Å². The average Bonchev–Trinajstić information content (AvgIpc) is 3.06. The molecule has 4 amide bonds. The lowest BCUT2D eigenvalue weighted by Crippen LogP contribution is -2.46. The van der Waals surface area contributed by atoms with Gasteiger partial charge in [-0.05, 0) is 43.5 Å². The molecule has 2 aromatic rings. The molecule has 8 nitrogen and oxygen atoms in total. The van der Waals surface area contributed by atoms with Crippen LogP contribution in [0, 0.1) is 0 Å². The largest absolute Gasteiger partial charge is 0.353 e. The average molecular weight is 449 g/mol. The van der Waals surface area contributed by atoms with Crippen LogP contribution in [-0.4, -0.2) is 65.6 Å². The summed E-state index contributed by atoms with van der Waals surface area (Å²) in [7, 11) is 0. The molecular formula is C25H28N4O4. The van der Waals surface area contributed by atoms with E-state index in [1.165, 1.54) is 4.90 Å². The molecule has 2 heterocycles. The van der Waals surface area contributed by atoms with Gasteiger partial charge in [-0.25, -0.2) is 0 Å². The van der Waals surface area contributed by atoms with E-state index in [9.17, 15) is 19.2 Å². The normalized spacial score (nSPS) is 16.5. The van der Waals surface area contributed by atoms with Gasteiger partial charge in [0, 0.05) is 37.8 Å². The molecule has 0 radical (unpaired) electrons. The standard InChI is InChI=1S/C25H28N4O4/c30-22(11-6-14-29-24(32)20-9-4-5-10-21(20)25(29)33)26-19-12-15-28(16-13-19)17-23(31)27-18-7-2-1-3-8-18/h1-5,7-10,19H,6,11-17H2,(H,26,30)(H,27,31). The number of carbonyl (C=O) groups is 4. The number of rotatable bonds is 8. The molecule has 2 aliphatic rings. The van der Waals surface area contributed by atoms with Crippen molar-refractivity contribution in [3.05, 3.63) is 65.7 Å². The van der Waals surface area contributed by atoms with Crippen LogP contribution in [0.1, 0.15) is 46.4 Å². The molecule has 172 valence electrons. The molecule has 0 aromatic heterocycles. The van der Waals surface area contributed by atoms with Crippen molar-refractivity contribution in [3.63, 3.8) is 0 Å². The highest BCUT2D eigenvalue weighted by Crippen LogP contribution is 2.22. The zero-order valence-corrected chi connectivity index (χ0v) is 18.5. The highest BCUT2D eigenvalue weighted by molar-refractivity contribution is 6.21. The van der Waals surface area contributed by atoms with Crippen LogP contribution < -0.4 is 10.6 Å². The molecule has 0 spiro atoms. The van der Waals surface area contributed by atoms with Crippen molar-refractivity contribution in [1.29, 1.82) is 0 Å². The van der Waals surface area contributed by atoms with Crippen molar-refractivity contribution >= 4 is 29.3 Å². The molecule has 0 bridgehead atoms. The minimum atomic E-state index is -0.292. The molecule has 2 N–H and O–H groups in total. The summed E-state index contributed by atoms with van der Waals surface area (Å²) < 4.78 is 0. The molecule has 1 saturated heterocycles. The first-order valence-electron chi connectivity index (χ1n) is 11.3. The quantitative estimate of drug-likeness (QED) is 0.604. The fraction of sp³-hybridized carbons (Fsp3) is 0.360. The van der Waals surface area contributed by atoms with E-state index < -0.39 is 0 Å². The maximum atomic E-state index is 12.4. The van der Waals surface area contributed by atoms with Crippen molar-refractivity contribution in [2.24, 2.45) is 0 Å². The van der Waals surface area contributed by atoms with E-state index in [2.05, 4.69) is 15.5 Å². The van der Waals surface area contributed by atoms with Gasteiger partial charge in [0.2, 0.25) is 11.8 Å². The van der Waals surface area contributed by atoms with E-state index in [1.807, 2.05) is 30.3 Å². The lowest BCUT2D eigenvalue weighted by atomic mass is 10.0. The maximum absolute atomic E-state index is 12.4. The topological polar surface area (TPSA) is 98.8 Å². The molecule has 1 fully saturated rings. The Labute approximate surface area is 192 Å². The second-order valence-corrected chi connectivity index (χ2v) is 8.44. The van der Waals surface area contributed by atoms with Crippen molar-refractivity contribution < 1.29 is 19.2 Å². The summed E-state index contributed by atoms with van der Waals surface area (Å²) in [5.41, 5.74) is 1.64. The van der Waals surface area contributed by atoms with Gasteiger partial charge in [0.25, 0.3) is 11.8 Å². The highest BCUT2D eigenvalue weighted by Gasteiger charge is 2.34. The van der Waals surface area contributed by atoms with Crippen LogP contribution in [0.4, 0.5) is 5.69 Å². The van der Waals surface area contributed by atoms with Crippen LogP contribution in [0.5, 0.6) is 0 Å². The Morgan fingerprint density at radius 2 is 1.45 bits per heavy atom. The van der Waals surface area contributed by atoms with Gasteiger partial charge >= 0.3 is 0 Å². The zero-order chi connectivity index (χ0) is 23.2. The summed E-state index contributed by atoms with van der Waals surface area (Å²) in [6.45, 7) is 2.04. The predicted octanol–water partition coefficient (Wildman–Crippen LogP) is 2.28. The maximum Gasteiger partial charge on any atom is 0.261 e. The van der Waals surface area contributed by atoms with Crippen molar-refractivity contribution in [2.75, 3.05) is 31.5 Å². The Bertz CT molecular complexity index is 997. The molecule has 0 atom stereocenters. The van der Waals surface area contributed by atoms with Crippen LogP contribution in [0.15, 0.2) is 54.6 Å². The van der Waals surface area contributed by atoms with E-state index in [-0.39, 0.29) is 42.6 Å². The third-order valence-corrected chi connectivity index (χ3v) is 6.04. The first-order valence-corrected chi connectivity index (χ1v) is 11.3. The SMILES string of the molecule is O=C(CN1CCC(NC(=O)CCCN2C(=O)c3ccccc3C2=O)CC1)Nc1ccccc1.